The van der Waals surface area contributed by atoms with Gasteiger partial charge < -0.3 is 14.0 Å². The first-order chi connectivity index (χ1) is 12.2. The molecule has 0 aliphatic heterocycles. The van der Waals surface area contributed by atoms with E-state index in [1.54, 1.807) is 31.2 Å². The maximum atomic E-state index is 11.4. The summed E-state index contributed by atoms with van der Waals surface area (Å²) in [5.41, 5.74) is 2.24. The average Bonchev–Trinajstić information content (AvgIpc) is 3.10. The number of nitrogens with zero attached hydrogens (tertiary/aromatic N) is 1. The van der Waals surface area contributed by atoms with Crippen LogP contribution in [0.15, 0.2) is 65.2 Å². The minimum absolute atomic E-state index is 0.263. The molecule has 0 aliphatic carbocycles. The Morgan fingerprint density at radius 3 is 2.76 bits per heavy atom. The van der Waals surface area contributed by atoms with Crippen LogP contribution in [0.2, 0.25) is 0 Å². The molecule has 128 valence electrons. The number of anilines is 1. The van der Waals surface area contributed by atoms with Crippen molar-refractivity contribution in [2.24, 2.45) is 0 Å². The van der Waals surface area contributed by atoms with Gasteiger partial charge in [-0.2, -0.15) is 0 Å². The highest BCUT2D eigenvalue weighted by Gasteiger charge is 2.08. The summed E-state index contributed by atoms with van der Waals surface area (Å²) in [6.45, 7) is 2.33. The van der Waals surface area contributed by atoms with Crippen LogP contribution in [0, 0.1) is 0 Å². The molecule has 1 aromatic heterocycles. The van der Waals surface area contributed by atoms with E-state index in [1.807, 2.05) is 36.4 Å². The minimum atomic E-state index is -0.497. The van der Waals surface area contributed by atoms with Gasteiger partial charge in [0.2, 0.25) is 0 Å². The molecule has 0 atom stereocenters. The first-order valence-electron chi connectivity index (χ1n) is 7.92. The smallest absolute Gasteiger partial charge is 0.411 e. The molecular weight excluding hydrogens is 320 g/mol. The molecule has 0 spiro atoms. The van der Waals surface area contributed by atoms with E-state index in [2.05, 4.69) is 10.5 Å². The zero-order valence-electron chi connectivity index (χ0n) is 13.8. The van der Waals surface area contributed by atoms with Crippen molar-refractivity contribution < 1.29 is 18.8 Å². The standard InChI is InChI=1S/C19H18N2O4/c1-2-23-19(22)20-15-9-6-10-17(11-15)24-13-16-12-18(25-21-16)14-7-4-3-5-8-14/h3-12H,2,13H2,1H3,(H,20,22). The van der Waals surface area contributed by atoms with Gasteiger partial charge in [0.25, 0.3) is 0 Å². The Balaban J connectivity index is 1.60. The second-order valence-electron chi connectivity index (χ2n) is 5.21. The van der Waals surface area contributed by atoms with Gasteiger partial charge in [0.05, 0.1) is 6.61 Å². The molecule has 0 unspecified atom stereocenters. The quantitative estimate of drug-likeness (QED) is 0.717. The molecule has 3 rings (SSSR count). The summed E-state index contributed by atoms with van der Waals surface area (Å²) in [5.74, 6) is 1.30. The number of rotatable bonds is 6. The number of carbonyl (C=O) groups is 1. The first-order valence-corrected chi connectivity index (χ1v) is 7.92. The van der Waals surface area contributed by atoms with E-state index in [0.717, 1.165) is 5.56 Å². The summed E-state index contributed by atoms with van der Waals surface area (Å²) in [7, 11) is 0. The second-order valence-corrected chi connectivity index (χ2v) is 5.21. The topological polar surface area (TPSA) is 73.6 Å². The van der Waals surface area contributed by atoms with Crippen molar-refractivity contribution in [3.63, 3.8) is 0 Å². The molecule has 1 amide bonds. The molecule has 6 nitrogen and oxygen atoms in total. The normalized spacial score (nSPS) is 10.3. The van der Waals surface area contributed by atoms with Gasteiger partial charge in [-0.3, -0.25) is 5.32 Å². The lowest BCUT2D eigenvalue weighted by Gasteiger charge is -2.08. The lowest BCUT2D eigenvalue weighted by Crippen LogP contribution is -2.13. The van der Waals surface area contributed by atoms with Crippen molar-refractivity contribution in [2.75, 3.05) is 11.9 Å². The second kappa shape index (κ2) is 8.01. The van der Waals surface area contributed by atoms with Gasteiger partial charge in [0.15, 0.2) is 5.76 Å². The van der Waals surface area contributed by atoms with Crippen LogP contribution in [0.1, 0.15) is 12.6 Å². The molecule has 2 aromatic carbocycles. The summed E-state index contributed by atoms with van der Waals surface area (Å²) in [6.07, 6.45) is -0.497. The van der Waals surface area contributed by atoms with Crippen LogP contribution >= 0.6 is 0 Å². The molecule has 1 heterocycles. The Morgan fingerprint density at radius 1 is 1.12 bits per heavy atom. The molecular formula is C19H18N2O4. The largest absolute Gasteiger partial charge is 0.487 e. The van der Waals surface area contributed by atoms with Crippen LogP contribution < -0.4 is 10.1 Å². The van der Waals surface area contributed by atoms with E-state index < -0.39 is 6.09 Å². The van der Waals surface area contributed by atoms with Crippen molar-refractivity contribution in [1.29, 1.82) is 0 Å². The molecule has 0 saturated carbocycles. The highest BCUT2D eigenvalue weighted by molar-refractivity contribution is 5.84. The van der Waals surface area contributed by atoms with Gasteiger partial charge in [-0.1, -0.05) is 41.6 Å². The highest BCUT2D eigenvalue weighted by Crippen LogP contribution is 2.22. The third kappa shape index (κ3) is 4.60. The molecule has 3 aromatic rings. The Labute approximate surface area is 145 Å². The molecule has 0 radical (unpaired) electrons. The molecule has 0 bridgehead atoms. The maximum absolute atomic E-state index is 11.4. The fourth-order valence-corrected chi connectivity index (χ4v) is 2.22. The van der Waals surface area contributed by atoms with Crippen LogP contribution in [0.5, 0.6) is 5.75 Å². The van der Waals surface area contributed by atoms with Gasteiger partial charge in [-0.15, -0.1) is 0 Å². The number of aromatic nitrogens is 1. The predicted octanol–water partition coefficient (Wildman–Crippen LogP) is 4.49. The fourth-order valence-electron chi connectivity index (χ4n) is 2.22. The Morgan fingerprint density at radius 2 is 1.96 bits per heavy atom. The Kier molecular flexibility index (Phi) is 5.31. The minimum Gasteiger partial charge on any atom is -0.487 e. The van der Waals surface area contributed by atoms with Gasteiger partial charge in [-0.05, 0) is 19.1 Å². The van der Waals surface area contributed by atoms with Crippen molar-refractivity contribution in [1.82, 2.24) is 5.16 Å². The van der Waals surface area contributed by atoms with E-state index in [0.29, 0.717) is 29.5 Å². The van der Waals surface area contributed by atoms with Crippen molar-refractivity contribution in [2.45, 2.75) is 13.5 Å². The molecule has 0 aliphatic rings. The van der Waals surface area contributed by atoms with E-state index in [9.17, 15) is 4.79 Å². The average molecular weight is 338 g/mol. The van der Waals surface area contributed by atoms with Crippen LogP contribution in [0.4, 0.5) is 10.5 Å². The van der Waals surface area contributed by atoms with Crippen molar-refractivity contribution >= 4 is 11.8 Å². The molecule has 6 heteroatoms. The van der Waals surface area contributed by atoms with Crippen LogP contribution in [0.25, 0.3) is 11.3 Å². The summed E-state index contributed by atoms with van der Waals surface area (Å²) in [6, 6.07) is 18.6. The monoisotopic (exact) mass is 338 g/mol. The first kappa shape index (κ1) is 16.6. The summed E-state index contributed by atoms with van der Waals surface area (Å²) >= 11 is 0. The zero-order valence-corrected chi connectivity index (χ0v) is 13.8. The van der Waals surface area contributed by atoms with Gasteiger partial charge in [-0.25, -0.2) is 4.79 Å². The fraction of sp³-hybridized carbons (Fsp3) is 0.158. The third-order valence-corrected chi connectivity index (χ3v) is 3.36. The number of amides is 1. The summed E-state index contributed by atoms with van der Waals surface area (Å²) in [5, 5.41) is 6.64. The molecule has 0 saturated heterocycles. The van der Waals surface area contributed by atoms with E-state index in [4.69, 9.17) is 14.0 Å². The third-order valence-electron chi connectivity index (χ3n) is 3.36. The van der Waals surface area contributed by atoms with Gasteiger partial charge in [0.1, 0.15) is 18.1 Å². The maximum Gasteiger partial charge on any atom is 0.411 e. The number of hydrogen-bond acceptors (Lipinski definition) is 5. The molecule has 1 N–H and O–H groups in total. The van der Waals surface area contributed by atoms with E-state index in [-0.39, 0.29) is 6.61 Å². The van der Waals surface area contributed by atoms with Crippen LogP contribution in [0.3, 0.4) is 0 Å². The molecule has 0 fully saturated rings. The number of benzene rings is 2. The van der Waals surface area contributed by atoms with Gasteiger partial charge in [0, 0.05) is 23.4 Å². The Hall–Kier alpha value is -3.28. The van der Waals surface area contributed by atoms with E-state index >= 15 is 0 Å². The van der Waals surface area contributed by atoms with Crippen molar-refractivity contribution in [3.05, 3.63) is 66.4 Å². The van der Waals surface area contributed by atoms with Crippen LogP contribution in [-0.2, 0) is 11.3 Å². The lowest BCUT2D eigenvalue weighted by atomic mass is 10.2. The number of hydrogen-bond donors (Lipinski definition) is 1. The number of ether oxygens (including phenoxy) is 2. The van der Waals surface area contributed by atoms with Crippen molar-refractivity contribution in [3.8, 4) is 17.1 Å². The lowest BCUT2D eigenvalue weighted by molar-refractivity contribution is 0.168. The Bertz CT molecular complexity index is 830. The zero-order chi connectivity index (χ0) is 17.5. The number of nitrogens with one attached hydrogen (secondary N) is 1. The highest BCUT2D eigenvalue weighted by atomic mass is 16.5. The molecule has 25 heavy (non-hydrogen) atoms. The van der Waals surface area contributed by atoms with E-state index in [1.165, 1.54) is 0 Å². The summed E-state index contributed by atoms with van der Waals surface area (Å²) < 4.78 is 15.9. The number of carbonyl (C=O) groups excluding carboxylic acids is 1. The van der Waals surface area contributed by atoms with Gasteiger partial charge >= 0.3 is 6.09 Å². The SMILES string of the molecule is CCOC(=O)Nc1cccc(OCc2cc(-c3ccccc3)on2)c1. The predicted molar refractivity (Wildman–Crippen MR) is 93.4 cm³/mol. The van der Waals surface area contributed by atoms with Crippen LogP contribution in [-0.4, -0.2) is 17.9 Å². The summed E-state index contributed by atoms with van der Waals surface area (Å²) in [4.78, 5) is 11.4.